The Hall–Kier alpha value is 0.0300. The Bertz CT molecular complexity index is 443. The highest BCUT2D eigenvalue weighted by atomic mass is 31.2. The van der Waals surface area contributed by atoms with Gasteiger partial charge in [0.15, 0.2) is 0 Å². The van der Waals surface area contributed by atoms with Crippen LogP contribution in [0, 0.1) is 0 Å². The zero-order valence-corrected chi connectivity index (χ0v) is 21.2. The molecule has 7 heteroatoms. The van der Waals surface area contributed by atoms with Crippen LogP contribution >= 0.6 is 7.60 Å². The van der Waals surface area contributed by atoms with Gasteiger partial charge in [-0.1, -0.05) is 90.4 Å². The Balaban J connectivity index is 3.61. The number of hydrogen-bond acceptors (Lipinski definition) is 5. The van der Waals surface area contributed by atoms with E-state index in [4.69, 9.17) is 10.3 Å². The monoisotopic (exact) mass is 450 g/mol. The molecular formula is C23H51N2O4P. The Kier molecular flexibility index (Phi) is 17.6. The van der Waals surface area contributed by atoms with Gasteiger partial charge in [-0.25, -0.2) is 0 Å². The third kappa shape index (κ3) is 20.0. The van der Waals surface area contributed by atoms with E-state index in [1.54, 1.807) is 0 Å². The molecular weight excluding hydrogens is 399 g/mol. The van der Waals surface area contributed by atoms with Crippen molar-refractivity contribution in [2.45, 2.75) is 109 Å². The van der Waals surface area contributed by atoms with Crippen molar-refractivity contribution in [3.05, 3.63) is 0 Å². The standard InChI is InChI=1S/C23H51N2O4P/c1-5-6-7-8-9-10-11-12-13-14-15-16-17-18-23(26)22(24)21-29-30(27,28)20-19-25(2,3)4/h22-23,26H,5-21,24H2,1-4H3/t22-,23+/m0/s1. The summed E-state index contributed by atoms with van der Waals surface area (Å²) in [5.41, 5.74) is 5.91. The molecule has 0 spiro atoms. The molecule has 3 N–H and O–H groups in total. The van der Waals surface area contributed by atoms with E-state index >= 15 is 0 Å². The molecule has 0 aromatic carbocycles. The van der Waals surface area contributed by atoms with Crippen LogP contribution in [0.15, 0.2) is 0 Å². The summed E-state index contributed by atoms with van der Waals surface area (Å²) in [5.74, 6) is 0. The molecule has 0 saturated heterocycles. The molecule has 0 bridgehead atoms. The highest BCUT2D eigenvalue weighted by Crippen LogP contribution is 2.36. The van der Waals surface area contributed by atoms with Gasteiger partial charge >= 0.3 is 0 Å². The molecule has 0 amide bonds. The number of quaternary nitrogens is 1. The van der Waals surface area contributed by atoms with E-state index in [1.165, 1.54) is 70.6 Å². The van der Waals surface area contributed by atoms with Gasteiger partial charge in [-0.2, -0.15) is 0 Å². The number of nitrogens with two attached hydrogens (primary N) is 1. The molecule has 0 saturated carbocycles. The van der Waals surface area contributed by atoms with Crippen molar-refractivity contribution in [1.29, 1.82) is 0 Å². The molecule has 0 fully saturated rings. The average Bonchev–Trinajstić information content (AvgIpc) is 2.67. The van der Waals surface area contributed by atoms with Crippen molar-refractivity contribution < 1.29 is 23.6 Å². The normalized spacial score (nSPS) is 16.4. The number of aliphatic hydroxyl groups excluding tert-OH is 1. The molecule has 30 heavy (non-hydrogen) atoms. The first-order chi connectivity index (χ1) is 14.1. The fourth-order valence-electron chi connectivity index (χ4n) is 3.38. The van der Waals surface area contributed by atoms with Crippen LogP contribution < -0.4 is 10.6 Å². The maximum absolute atomic E-state index is 11.9. The molecule has 0 aliphatic rings. The van der Waals surface area contributed by atoms with Crippen LogP contribution in [0.3, 0.4) is 0 Å². The molecule has 0 heterocycles. The van der Waals surface area contributed by atoms with Crippen molar-refractivity contribution in [2.75, 3.05) is 40.5 Å². The van der Waals surface area contributed by atoms with Gasteiger partial charge in [-0.3, -0.25) is 0 Å². The van der Waals surface area contributed by atoms with E-state index in [0.29, 0.717) is 17.4 Å². The second kappa shape index (κ2) is 17.6. The summed E-state index contributed by atoms with van der Waals surface area (Å²) in [6.45, 7) is 2.60. The van der Waals surface area contributed by atoms with E-state index in [-0.39, 0.29) is 12.8 Å². The van der Waals surface area contributed by atoms with Crippen molar-refractivity contribution in [2.24, 2.45) is 5.73 Å². The molecule has 0 radical (unpaired) electrons. The van der Waals surface area contributed by atoms with Crippen molar-refractivity contribution in [3.8, 4) is 0 Å². The van der Waals surface area contributed by atoms with Crippen molar-refractivity contribution in [1.82, 2.24) is 0 Å². The van der Waals surface area contributed by atoms with Crippen molar-refractivity contribution in [3.63, 3.8) is 0 Å². The van der Waals surface area contributed by atoms with Gasteiger partial charge < -0.3 is 29.3 Å². The second-order valence-corrected chi connectivity index (χ2v) is 11.8. The fourth-order valence-corrected chi connectivity index (χ4v) is 4.76. The maximum atomic E-state index is 11.9. The van der Waals surface area contributed by atoms with Gasteiger partial charge in [-0.15, -0.1) is 0 Å². The Morgan fingerprint density at radius 3 is 1.77 bits per heavy atom. The zero-order chi connectivity index (χ0) is 22.9. The molecule has 0 aliphatic heterocycles. The van der Waals surface area contributed by atoms with Gasteiger partial charge in [0.2, 0.25) is 0 Å². The molecule has 0 aliphatic carbocycles. The topological polar surface area (TPSA) is 95.6 Å². The van der Waals surface area contributed by atoms with E-state index < -0.39 is 19.7 Å². The number of hydrogen-bond donors (Lipinski definition) is 2. The summed E-state index contributed by atoms with van der Waals surface area (Å²) in [6, 6.07) is -0.659. The smallest absolute Gasteiger partial charge is 0.140 e. The lowest BCUT2D eigenvalue weighted by molar-refractivity contribution is -0.868. The summed E-state index contributed by atoms with van der Waals surface area (Å²) in [5, 5.41) is 10.2. The van der Waals surface area contributed by atoms with Crippen LogP contribution in [-0.2, 0) is 9.09 Å². The summed E-state index contributed by atoms with van der Waals surface area (Å²) < 4.78 is 17.5. The largest absolute Gasteiger partial charge is 0.778 e. The molecule has 182 valence electrons. The van der Waals surface area contributed by atoms with E-state index in [2.05, 4.69) is 6.92 Å². The lowest BCUT2D eigenvalue weighted by atomic mass is 10.0. The average molecular weight is 451 g/mol. The lowest BCUT2D eigenvalue weighted by Gasteiger charge is -2.30. The number of nitrogens with zero attached hydrogens (tertiary/aromatic N) is 1. The molecule has 0 aromatic heterocycles. The molecule has 1 unspecified atom stereocenters. The van der Waals surface area contributed by atoms with E-state index in [1.807, 2.05) is 21.1 Å². The number of unbranched alkanes of at least 4 members (excludes halogenated alkanes) is 12. The first-order valence-corrected chi connectivity index (χ1v) is 14.0. The highest BCUT2D eigenvalue weighted by Gasteiger charge is 2.20. The molecule has 6 nitrogen and oxygen atoms in total. The maximum Gasteiger partial charge on any atom is 0.140 e. The number of rotatable bonds is 21. The highest BCUT2D eigenvalue weighted by molar-refractivity contribution is 7.51. The van der Waals surface area contributed by atoms with Gasteiger partial charge in [0.25, 0.3) is 0 Å². The Labute approximate surface area is 186 Å². The van der Waals surface area contributed by atoms with Crippen LogP contribution in [0.1, 0.15) is 96.8 Å². The first-order valence-electron chi connectivity index (χ1n) is 12.3. The van der Waals surface area contributed by atoms with E-state index in [0.717, 1.165) is 12.8 Å². The summed E-state index contributed by atoms with van der Waals surface area (Å²) >= 11 is 0. The van der Waals surface area contributed by atoms with E-state index in [9.17, 15) is 14.6 Å². The van der Waals surface area contributed by atoms with Gasteiger partial charge in [-0.05, 0) is 6.42 Å². The van der Waals surface area contributed by atoms with Crippen LogP contribution in [0.4, 0.5) is 0 Å². The van der Waals surface area contributed by atoms with Crippen molar-refractivity contribution >= 4 is 7.60 Å². The van der Waals surface area contributed by atoms with Gasteiger partial charge in [0, 0.05) is 0 Å². The summed E-state index contributed by atoms with van der Waals surface area (Å²) in [4.78, 5) is 11.9. The summed E-state index contributed by atoms with van der Waals surface area (Å²) in [6.07, 6.45) is 16.6. The van der Waals surface area contributed by atoms with Gasteiger partial charge in [0.05, 0.1) is 52.6 Å². The lowest BCUT2D eigenvalue weighted by Crippen LogP contribution is -2.40. The quantitative estimate of drug-likeness (QED) is 0.153. The minimum Gasteiger partial charge on any atom is -0.778 e. The summed E-state index contributed by atoms with van der Waals surface area (Å²) in [7, 11) is 1.91. The minimum atomic E-state index is -3.90. The van der Waals surface area contributed by atoms with Gasteiger partial charge in [0.1, 0.15) is 7.60 Å². The van der Waals surface area contributed by atoms with Crippen LogP contribution in [0.25, 0.3) is 0 Å². The van der Waals surface area contributed by atoms with Crippen LogP contribution in [-0.4, -0.2) is 62.2 Å². The predicted octanol–water partition coefficient (Wildman–Crippen LogP) is 4.43. The number of aliphatic hydroxyl groups is 1. The predicted molar refractivity (Wildman–Crippen MR) is 126 cm³/mol. The zero-order valence-electron chi connectivity index (χ0n) is 20.3. The first kappa shape index (κ1) is 30.0. The van der Waals surface area contributed by atoms with Crippen LogP contribution in [0.5, 0.6) is 0 Å². The Morgan fingerprint density at radius 2 is 1.33 bits per heavy atom. The SMILES string of the molecule is CCCCCCCCCCCCCCC[C@@H](O)[C@@H](N)COP(=O)([O-])CC[N+](C)(C)C. The molecule has 0 rings (SSSR count). The minimum absolute atomic E-state index is 0.0157. The fraction of sp³-hybridized carbons (Fsp3) is 1.00. The molecule has 3 atom stereocenters. The second-order valence-electron chi connectivity index (χ2n) is 9.91. The third-order valence-electron chi connectivity index (χ3n) is 5.61. The Morgan fingerprint density at radius 1 is 0.900 bits per heavy atom. The van der Waals surface area contributed by atoms with Crippen LogP contribution in [0.2, 0.25) is 0 Å². The molecule has 0 aromatic rings. The third-order valence-corrected chi connectivity index (χ3v) is 6.90.